The van der Waals surface area contributed by atoms with Crippen molar-refractivity contribution in [2.24, 2.45) is 0 Å². The van der Waals surface area contributed by atoms with Crippen LogP contribution in [0.2, 0.25) is 0 Å². The summed E-state index contributed by atoms with van der Waals surface area (Å²) in [4.78, 5) is 8.62. The highest BCUT2D eigenvalue weighted by Gasteiger charge is 2.37. The van der Waals surface area contributed by atoms with Crippen LogP contribution in [0.3, 0.4) is 0 Å². The van der Waals surface area contributed by atoms with Gasteiger partial charge in [-0.1, -0.05) is 36.4 Å². The molecule has 172 valence electrons. The van der Waals surface area contributed by atoms with Crippen LogP contribution >= 0.6 is 0 Å². The lowest BCUT2D eigenvalue weighted by Crippen LogP contribution is -2.11. The minimum atomic E-state index is -4.97. The summed E-state index contributed by atoms with van der Waals surface area (Å²) >= 11 is 0. The maximum absolute atomic E-state index is 13.3. The second-order valence-electron chi connectivity index (χ2n) is 7.39. The molecule has 0 aliphatic carbocycles. The van der Waals surface area contributed by atoms with E-state index in [0.29, 0.717) is 29.3 Å². The molecule has 2 aromatic carbocycles. The molecule has 0 amide bonds. The van der Waals surface area contributed by atoms with Crippen LogP contribution in [-0.2, 0) is 12.4 Å². The number of hydrogen-bond acceptors (Lipinski definition) is 3. The zero-order valence-electron chi connectivity index (χ0n) is 17.0. The van der Waals surface area contributed by atoms with Crippen LogP contribution in [0.15, 0.2) is 79.3 Å². The molecule has 0 fully saturated rings. The molecule has 0 radical (unpaired) electrons. The van der Waals surface area contributed by atoms with Crippen molar-refractivity contribution in [3.05, 3.63) is 90.4 Å². The summed E-state index contributed by atoms with van der Waals surface area (Å²) in [5, 5.41) is 4.22. The molecule has 0 N–H and O–H groups in total. The molecule has 0 unspecified atom stereocenters. The Bertz CT molecular complexity index is 1450. The molecule has 0 bridgehead atoms. The molecule has 0 atom stereocenters. The van der Waals surface area contributed by atoms with E-state index < -0.39 is 29.0 Å². The summed E-state index contributed by atoms with van der Waals surface area (Å²) in [5.74, 6) is 0.144. The topological polar surface area (TPSA) is 48.0 Å². The standard InChI is InChI=1S/C23H13F6N5/c24-22(25,26)16-10-15(11-17(12-16)23(27,28)29)20-30-13-34(32-20)21-19(14-6-2-1-3-7-14)31-18-8-4-5-9-33(18)21/h1-13H. The highest BCUT2D eigenvalue weighted by molar-refractivity contribution is 5.72. The van der Waals surface area contributed by atoms with Gasteiger partial charge in [0.2, 0.25) is 0 Å². The molecular weight excluding hydrogens is 460 g/mol. The summed E-state index contributed by atoms with van der Waals surface area (Å²) in [6.45, 7) is 0. The zero-order chi connectivity index (χ0) is 24.1. The summed E-state index contributed by atoms with van der Waals surface area (Å²) < 4.78 is 82.6. The lowest BCUT2D eigenvalue weighted by atomic mass is 10.0. The number of fused-ring (bicyclic) bond motifs is 1. The van der Waals surface area contributed by atoms with E-state index in [1.54, 1.807) is 28.8 Å². The number of rotatable bonds is 3. The number of imidazole rings is 1. The maximum Gasteiger partial charge on any atom is 0.416 e. The van der Waals surface area contributed by atoms with E-state index in [9.17, 15) is 26.3 Å². The van der Waals surface area contributed by atoms with Gasteiger partial charge >= 0.3 is 12.4 Å². The van der Waals surface area contributed by atoms with E-state index in [0.717, 1.165) is 5.56 Å². The van der Waals surface area contributed by atoms with Gasteiger partial charge < -0.3 is 0 Å². The number of hydrogen-bond donors (Lipinski definition) is 0. The molecule has 0 saturated heterocycles. The molecule has 5 aromatic rings. The van der Waals surface area contributed by atoms with Gasteiger partial charge in [0, 0.05) is 17.3 Å². The summed E-state index contributed by atoms with van der Waals surface area (Å²) in [7, 11) is 0. The van der Waals surface area contributed by atoms with Crippen molar-refractivity contribution in [3.8, 4) is 28.5 Å². The molecule has 0 aliphatic heterocycles. The van der Waals surface area contributed by atoms with E-state index in [2.05, 4.69) is 15.1 Å². The van der Waals surface area contributed by atoms with Gasteiger partial charge in [-0.15, -0.1) is 5.10 Å². The molecule has 0 aliphatic rings. The maximum atomic E-state index is 13.3. The highest BCUT2D eigenvalue weighted by atomic mass is 19.4. The summed E-state index contributed by atoms with van der Waals surface area (Å²) in [6, 6.07) is 15.7. The summed E-state index contributed by atoms with van der Waals surface area (Å²) in [5.41, 5.74) is -1.44. The van der Waals surface area contributed by atoms with Crippen LogP contribution in [-0.4, -0.2) is 24.1 Å². The molecular formula is C23H13F6N5. The summed E-state index contributed by atoms with van der Waals surface area (Å²) in [6.07, 6.45) is -7.00. The predicted octanol–water partition coefficient (Wildman–Crippen LogP) is 6.29. The van der Waals surface area contributed by atoms with Gasteiger partial charge in [0.1, 0.15) is 17.7 Å². The Kier molecular flexibility index (Phi) is 4.92. The van der Waals surface area contributed by atoms with Gasteiger partial charge in [-0.25, -0.2) is 14.6 Å². The zero-order valence-corrected chi connectivity index (χ0v) is 17.0. The Morgan fingerprint density at radius 1 is 0.706 bits per heavy atom. The number of alkyl halides is 6. The monoisotopic (exact) mass is 473 g/mol. The van der Waals surface area contributed by atoms with E-state index >= 15 is 0 Å². The normalized spacial score (nSPS) is 12.4. The van der Waals surface area contributed by atoms with Gasteiger partial charge in [0.05, 0.1) is 11.1 Å². The molecule has 3 heterocycles. The number of halogens is 6. The quantitative estimate of drug-likeness (QED) is 0.290. The molecule has 0 spiro atoms. The fourth-order valence-corrected chi connectivity index (χ4v) is 3.57. The number of benzene rings is 2. The number of pyridine rings is 1. The van der Waals surface area contributed by atoms with E-state index in [4.69, 9.17) is 0 Å². The van der Waals surface area contributed by atoms with Crippen molar-refractivity contribution < 1.29 is 26.3 Å². The molecule has 0 saturated carbocycles. The van der Waals surface area contributed by atoms with Crippen molar-refractivity contribution in [1.82, 2.24) is 24.1 Å². The first-order chi connectivity index (χ1) is 16.1. The third kappa shape index (κ3) is 3.89. The molecule has 5 nitrogen and oxygen atoms in total. The lowest BCUT2D eigenvalue weighted by Gasteiger charge is -2.13. The van der Waals surface area contributed by atoms with Crippen molar-refractivity contribution in [3.63, 3.8) is 0 Å². The Labute approximate surface area is 187 Å². The number of aromatic nitrogens is 5. The molecule has 3 aromatic heterocycles. The molecule has 11 heteroatoms. The van der Waals surface area contributed by atoms with Crippen LogP contribution in [0.25, 0.3) is 34.1 Å². The number of nitrogens with zero attached hydrogens (tertiary/aromatic N) is 5. The van der Waals surface area contributed by atoms with E-state index in [1.165, 1.54) is 11.0 Å². The Morgan fingerprint density at radius 3 is 2.00 bits per heavy atom. The van der Waals surface area contributed by atoms with Crippen molar-refractivity contribution in [2.75, 3.05) is 0 Å². The second-order valence-corrected chi connectivity index (χ2v) is 7.39. The average molecular weight is 473 g/mol. The van der Waals surface area contributed by atoms with Crippen LogP contribution in [0.5, 0.6) is 0 Å². The third-order valence-electron chi connectivity index (χ3n) is 5.11. The third-order valence-corrected chi connectivity index (χ3v) is 5.11. The molecule has 5 rings (SSSR count). The fraction of sp³-hybridized carbons (Fsp3) is 0.0870. The van der Waals surface area contributed by atoms with Crippen LogP contribution < -0.4 is 0 Å². The molecule has 34 heavy (non-hydrogen) atoms. The highest BCUT2D eigenvalue weighted by Crippen LogP contribution is 2.38. The predicted molar refractivity (Wildman–Crippen MR) is 111 cm³/mol. The minimum Gasteiger partial charge on any atom is -0.284 e. The second kappa shape index (κ2) is 7.72. The van der Waals surface area contributed by atoms with Crippen LogP contribution in [0.4, 0.5) is 26.3 Å². The van der Waals surface area contributed by atoms with Gasteiger partial charge in [0.15, 0.2) is 11.6 Å². The first-order valence-corrected chi connectivity index (χ1v) is 9.86. The Morgan fingerprint density at radius 2 is 1.35 bits per heavy atom. The smallest absolute Gasteiger partial charge is 0.284 e. The van der Waals surface area contributed by atoms with Crippen LogP contribution in [0, 0.1) is 0 Å². The van der Waals surface area contributed by atoms with E-state index in [1.807, 2.05) is 30.3 Å². The first kappa shape index (κ1) is 21.7. The van der Waals surface area contributed by atoms with Gasteiger partial charge in [-0.3, -0.25) is 4.40 Å². The van der Waals surface area contributed by atoms with Gasteiger partial charge in [-0.05, 0) is 30.3 Å². The SMILES string of the molecule is FC(F)(F)c1cc(-c2ncn(-c3c(-c4ccccc4)nc4ccccn34)n2)cc(C(F)(F)F)c1. The minimum absolute atomic E-state index is 0.0679. The van der Waals surface area contributed by atoms with Crippen molar-refractivity contribution in [2.45, 2.75) is 12.4 Å². The Hall–Kier alpha value is -4.15. The average Bonchev–Trinajstić information content (AvgIpc) is 3.43. The first-order valence-electron chi connectivity index (χ1n) is 9.86. The van der Waals surface area contributed by atoms with E-state index in [-0.39, 0.29) is 11.9 Å². The fourth-order valence-electron chi connectivity index (χ4n) is 3.57. The van der Waals surface area contributed by atoms with Gasteiger partial charge in [-0.2, -0.15) is 26.3 Å². The van der Waals surface area contributed by atoms with Crippen molar-refractivity contribution >= 4 is 5.65 Å². The largest absolute Gasteiger partial charge is 0.416 e. The van der Waals surface area contributed by atoms with Gasteiger partial charge in [0.25, 0.3) is 0 Å². The lowest BCUT2D eigenvalue weighted by molar-refractivity contribution is -0.143. The van der Waals surface area contributed by atoms with Crippen LogP contribution in [0.1, 0.15) is 11.1 Å². The van der Waals surface area contributed by atoms with Crippen molar-refractivity contribution in [1.29, 1.82) is 0 Å². The Balaban J connectivity index is 1.68.